The quantitative estimate of drug-likeness (QED) is 0.0261. The zero-order valence-electron chi connectivity index (χ0n) is 48.3. The Morgan fingerprint density at radius 3 is 0.838 bits per heavy atom. The van der Waals surface area contributed by atoms with Gasteiger partial charge in [-0.2, -0.15) is 0 Å². The summed E-state index contributed by atoms with van der Waals surface area (Å²) < 4.78 is 16.8. The van der Waals surface area contributed by atoms with Crippen LogP contribution in [-0.2, 0) is 28.6 Å². The van der Waals surface area contributed by atoms with E-state index in [1.54, 1.807) is 0 Å². The second kappa shape index (κ2) is 61.6. The number of unbranched alkanes of at least 4 members (excludes halogenated alkanes) is 26. The van der Waals surface area contributed by atoms with Gasteiger partial charge in [-0.1, -0.05) is 265 Å². The van der Waals surface area contributed by atoms with E-state index >= 15 is 0 Å². The summed E-state index contributed by atoms with van der Waals surface area (Å²) in [7, 11) is 0. The Labute approximate surface area is 457 Å². The molecule has 0 fully saturated rings. The van der Waals surface area contributed by atoms with Crippen LogP contribution < -0.4 is 0 Å². The molecule has 1 unspecified atom stereocenters. The Morgan fingerprint density at radius 2 is 0.527 bits per heavy atom. The molecule has 6 nitrogen and oxygen atoms in total. The molecular formula is C68H114O6. The molecule has 74 heavy (non-hydrogen) atoms. The van der Waals surface area contributed by atoms with Gasteiger partial charge in [-0.15, -0.1) is 0 Å². The van der Waals surface area contributed by atoms with Gasteiger partial charge in [0, 0.05) is 19.3 Å². The molecule has 0 saturated carbocycles. The fraction of sp³-hybridized carbons (Fsp3) is 0.691. The summed E-state index contributed by atoms with van der Waals surface area (Å²) in [6, 6.07) is 0. The molecule has 6 heteroatoms. The number of hydrogen-bond acceptors (Lipinski definition) is 6. The van der Waals surface area contributed by atoms with E-state index in [0.717, 1.165) is 116 Å². The van der Waals surface area contributed by atoms with Crippen molar-refractivity contribution in [2.45, 2.75) is 290 Å². The van der Waals surface area contributed by atoms with Crippen molar-refractivity contribution in [2.75, 3.05) is 13.2 Å². The van der Waals surface area contributed by atoms with Crippen LogP contribution in [0, 0.1) is 0 Å². The molecule has 0 radical (unpaired) electrons. The van der Waals surface area contributed by atoms with Gasteiger partial charge in [0.2, 0.25) is 0 Å². The Hall–Kier alpha value is -3.93. The van der Waals surface area contributed by atoms with Gasteiger partial charge in [0.05, 0.1) is 0 Å². The van der Waals surface area contributed by atoms with Gasteiger partial charge in [-0.05, 0) is 109 Å². The summed E-state index contributed by atoms with van der Waals surface area (Å²) >= 11 is 0. The maximum Gasteiger partial charge on any atom is 0.306 e. The van der Waals surface area contributed by atoms with Crippen molar-refractivity contribution in [3.63, 3.8) is 0 Å². The van der Waals surface area contributed by atoms with Crippen LogP contribution in [0.1, 0.15) is 284 Å². The molecule has 0 aliphatic rings. The molecule has 0 aromatic carbocycles. The molecule has 0 heterocycles. The minimum absolute atomic E-state index is 0.0815. The van der Waals surface area contributed by atoms with Crippen molar-refractivity contribution in [1.29, 1.82) is 0 Å². The van der Waals surface area contributed by atoms with Crippen molar-refractivity contribution in [1.82, 2.24) is 0 Å². The van der Waals surface area contributed by atoms with Crippen LogP contribution in [0.4, 0.5) is 0 Å². The Bertz CT molecular complexity index is 1510. The zero-order valence-corrected chi connectivity index (χ0v) is 48.3. The fourth-order valence-electron chi connectivity index (χ4n) is 8.39. The third-order valence-electron chi connectivity index (χ3n) is 13.0. The summed E-state index contributed by atoms with van der Waals surface area (Å²) in [6.45, 7) is 6.46. The molecule has 0 spiro atoms. The summed E-state index contributed by atoms with van der Waals surface area (Å²) in [5.41, 5.74) is 0. The highest BCUT2D eigenvalue weighted by Crippen LogP contribution is 2.15. The van der Waals surface area contributed by atoms with Gasteiger partial charge in [0.1, 0.15) is 13.2 Å². The number of rotatable bonds is 55. The van der Waals surface area contributed by atoms with Gasteiger partial charge < -0.3 is 14.2 Å². The topological polar surface area (TPSA) is 78.9 Å². The van der Waals surface area contributed by atoms with E-state index in [1.165, 1.54) is 128 Å². The molecule has 0 aliphatic heterocycles. The van der Waals surface area contributed by atoms with E-state index in [1.807, 2.05) is 0 Å². The molecule has 1 atom stereocenters. The Morgan fingerprint density at radius 1 is 0.284 bits per heavy atom. The molecule has 0 N–H and O–H groups in total. The summed E-state index contributed by atoms with van der Waals surface area (Å²) in [5.74, 6) is -0.901. The third-order valence-corrected chi connectivity index (χ3v) is 13.0. The van der Waals surface area contributed by atoms with Crippen molar-refractivity contribution >= 4 is 17.9 Å². The van der Waals surface area contributed by atoms with Crippen LogP contribution >= 0.6 is 0 Å². The highest BCUT2D eigenvalue weighted by molar-refractivity contribution is 5.71. The fourth-order valence-corrected chi connectivity index (χ4v) is 8.39. The average Bonchev–Trinajstić information content (AvgIpc) is 3.40. The van der Waals surface area contributed by atoms with Crippen molar-refractivity contribution in [2.24, 2.45) is 0 Å². The molecule has 422 valence electrons. The lowest BCUT2D eigenvalue weighted by molar-refractivity contribution is -0.167. The van der Waals surface area contributed by atoms with Crippen LogP contribution in [-0.4, -0.2) is 37.2 Å². The summed E-state index contributed by atoms with van der Waals surface area (Å²) in [5, 5.41) is 0. The molecule has 0 aromatic rings. The van der Waals surface area contributed by atoms with E-state index in [-0.39, 0.29) is 31.1 Å². The highest BCUT2D eigenvalue weighted by atomic mass is 16.6. The summed E-state index contributed by atoms with van der Waals surface area (Å²) in [6.07, 6.45) is 84.1. The second-order valence-corrected chi connectivity index (χ2v) is 20.2. The molecule has 0 rings (SSSR count). The number of carbonyl (C=O) groups excluding carboxylic acids is 3. The number of ether oxygens (including phenoxy) is 3. The number of esters is 3. The predicted molar refractivity (Wildman–Crippen MR) is 320 cm³/mol. The van der Waals surface area contributed by atoms with E-state index in [0.29, 0.717) is 19.3 Å². The van der Waals surface area contributed by atoms with Crippen LogP contribution in [0.25, 0.3) is 0 Å². The lowest BCUT2D eigenvalue weighted by atomic mass is 10.1. The maximum atomic E-state index is 12.8. The van der Waals surface area contributed by atoms with Gasteiger partial charge in [-0.3, -0.25) is 14.4 Å². The van der Waals surface area contributed by atoms with Crippen LogP contribution in [0.2, 0.25) is 0 Å². The lowest BCUT2D eigenvalue weighted by Gasteiger charge is -2.18. The monoisotopic (exact) mass is 1030 g/mol. The molecule has 0 aliphatic carbocycles. The van der Waals surface area contributed by atoms with Crippen molar-refractivity contribution in [3.8, 4) is 0 Å². The first-order chi connectivity index (χ1) is 36.5. The number of hydrogen-bond donors (Lipinski definition) is 0. The molecular weight excluding hydrogens is 913 g/mol. The smallest absolute Gasteiger partial charge is 0.306 e. The first-order valence-corrected chi connectivity index (χ1v) is 30.9. The van der Waals surface area contributed by atoms with E-state index < -0.39 is 6.10 Å². The second-order valence-electron chi connectivity index (χ2n) is 20.2. The van der Waals surface area contributed by atoms with Crippen LogP contribution in [0.15, 0.2) is 109 Å². The zero-order chi connectivity index (χ0) is 53.6. The van der Waals surface area contributed by atoms with E-state index in [4.69, 9.17) is 14.2 Å². The Balaban J connectivity index is 4.11. The third kappa shape index (κ3) is 59.0. The van der Waals surface area contributed by atoms with Crippen molar-refractivity contribution < 1.29 is 28.6 Å². The lowest BCUT2D eigenvalue weighted by Crippen LogP contribution is -2.30. The number of allylic oxidation sites excluding steroid dienone is 18. The Kier molecular flexibility index (Phi) is 58.3. The normalized spacial score (nSPS) is 12.9. The standard InChI is InChI=1S/C68H114O6/c1-4-7-10-13-16-18-20-22-24-26-27-28-29-30-31-32-33-34-35-36-37-38-39-40-41-43-44-46-48-50-52-55-58-61-67(70)73-64-65(63-72-66(69)60-57-54-15-12-9-6-3)74-68(71)62-59-56-53-51-49-47-45-42-25-23-21-19-17-14-11-8-5-2/h7,10,16,18,22-25,27-28,30-31,33-34,36-37,39-40,65H,4-6,8-9,11-15,17,19-21,26,29,32,35,38,41-64H2,1-3H3/b10-7-,18-16-,24-22-,25-23-,28-27-,31-30-,34-33-,37-36-,40-39-. The highest BCUT2D eigenvalue weighted by Gasteiger charge is 2.19. The number of carbonyl (C=O) groups is 3. The largest absolute Gasteiger partial charge is 0.462 e. The van der Waals surface area contributed by atoms with Gasteiger partial charge in [-0.25, -0.2) is 0 Å². The SMILES string of the molecule is CC/C=C\C/C=C\C/C=C\C/C=C\C/C=C\C/C=C\C/C=C\C/C=C\CCCCCCCCCCC(=O)OCC(COC(=O)CCCCCCCC)OC(=O)CCCCCCCCC/C=C\CCCCCCCC. The first-order valence-electron chi connectivity index (χ1n) is 30.9. The minimum atomic E-state index is -0.781. The van der Waals surface area contributed by atoms with Gasteiger partial charge >= 0.3 is 17.9 Å². The van der Waals surface area contributed by atoms with Crippen molar-refractivity contribution in [3.05, 3.63) is 109 Å². The molecule has 0 saturated heterocycles. The van der Waals surface area contributed by atoms with Crippen LogP contribution in [0.5, 0.6) is 0 Å². The van der Waals surface area contributed by atoms with E-state index in [2.05, 4.69) is 130 Å². The predicted octanol–water partition coefficient (Wildman–Crippen LogP) is 21.0. The van der Waals surface area contributed by atoms with Gasteiger partial charge in [0.15, 0.2) is 6.10 Å². The maximum absolute atomic E-state index is 12.8. The average molecular weight is 1030 g/mol. The minimum Gasteiger partial charge on any atom is -0.462 e. The first kappa shape index (κ1) is 70.1. The van der Waals surface area contributed by atoms with Gasteiger partial charge in [0.25, 0.3) is 0 Å². The van der Waals surface area contributed by atoms with E-state index in [9.17, 15) is 14.4 Å². The molecule has 0 bridgehead atoms. The van der Waals surface area contributed by atoms with Crippen LogP contribution in [0.3, 0.4) is 0 Å². The summed E-state index contributed by atoms with van der Waals surface area (Å²) in [4.78, 5) is 37.9. The molecule has 0 amide bonds. The molecule has 0 aromatic heterocycles.